The number of aryl methyl sites for hydroxylation is 1. The smallest absolute Gasteiger partial charge is 0.222 e. The first-order chi connectivity index (χ1) is 9.65. The molecule has 0 atom stereocenters. The molecule has 2 aromatic rings. The van der Waals surface area contributed by atoms with Crippen molar-refractivity contribution in [3.05, 3.63) is 41.2 Å². The lowest BCUT2D eigenvalue weighted by Gasteiger charge is -2.27. The van der Waals surface area contributed by atoms with Crippen LogP contribution in [0, 0.1) is 20.8 Å². The zero-order valence-electron chi connectivity index (χ0n) is 12.2. The van der Waals surface area contributed by atoms with Crippen molar-refractivity contribution in [1.29, 1.82) is 0 Å². The Bertz CT molecular complexity index is 615. The molecule has 3 rings (SSSR count). The average molecular weight is 268 g/mol. The van der Waals surface area contributed by atoms with E-state index in [1.54, 1.807) is 0 Å². The Morgan fingerprint density at radius 1 is 1.05 bits per heavy atom. The molecule has 4 heteroatoms. The van der Waals surface area contributed by atoms with Gasteiger partial charge in [-0.15, -0.1) is 0 Å². The SMILES string of the molecule is Cc1ccc(-c2cnc(NC3CNC3)nc2)c(C)c1C. The topological polar surface area (TPSA) is 49.8 Å². The Kier molecular flexibility index (Phi) is 3.40. The monoisotopic (exact) mass is 268 g/mol. The first kappa shape index (κ1) is 13.1. The van der Waals surface area contributed by atoms with Crippen molar-refractivity contribution in [3.8, 4) is 11.1 Å². The first-order valence-corrected chi connectivity index (χ1v) is 7.01. The molecule has 0 aliphatic carbocycles. The molecule has 1 saturated heterocycles. The molecule has 0 bridgehead atoms. The average Bonchev–Trinajstić information content (AvgIpc) is 2.41. The molecular weight excluding hydrogens is 248 g/mol. The van der Waals surface area contributed by atoms with Gasteiger partial charge in [-0.1, -0.05) is 12.1 Å². The molecule has 20 heavy (non-hydrogen) atoms. The molecule has 0 amide bonds. The summed E-state index contributed by atoms with van der Waals surface area (Å²) in [5, 5.41) is 6.53. The first-order valence-electron chi connectivity index (χ1n) is 7.01. The Labute approximate surface area is 119 Å². The summed E-state index contributed by atoms with van der Waals surface area (Å²) >= 11 is 0. The number of rotatable bonds is 3. The zero-order chi connectivity index (χ0) is 14.1. The fourth-order valence-electron chi connectivity index (χ4n) is 2.38. The lowest BCUT2D eigenvalue weighted by atomic mass is 9.96. The molecule has 1 aliphatic rings. The van der Waals surface area contributed by atoms with E-state index in [1.165, 1.54) is 22.3 Å². The molecule has 1 aromatic heterocycles. The highest BCUT2D eigenvalue weighted by atomic mass is 15.2. The van der Waals surface area contributed by atoms with Crippen molar-refractivity contribution in [3.63, 3.8) is 0 Å². The summed E-state index contributed by atoms with van der Waals surface area (Å²) < 4.78 is 0. The summed E-state index contributed by atoms with van der Waals surface area (Å²) in [7, 11) is 0. The van der Waals surface area contributed by atoms with Crippen molar-refractivity contribution in [2.75, 3.05) is 18.4 Å². The zero-order valence-corrected chi connectivity index (χ0v) is 12.2. The standard InChI is InChI=1S/C16H20N4/c1-10-4-5-15(12(3)11(10)2)13-6-18-16(19-7-13)20-14-8-17-9-14/h4-7,14,17H,8-9H2,1-3H3,(H,18,19,20). The van der Waals surface area contributed by atoms with Crippen LogP contribution in [0.5, 0.6) is 0 Å². The number of anilines is 1. The summed E-state index contributed by atoms with van der Waals surface area (Å²) in [6, 6.07) is 4.77. The van der Waals surface area contributed by atoms with Gasteiger partial charge < -0.3 is 10.6 Å². The summed E-state index contributed by atoms with van der Waals surface area (Å²) in [5.74, 6) is 0.710. The predicted octanol–water partition coefficient (Wildman–Crippen LogP) is 2.45. The van der Waals surface area contributed by atoms with Crippen LogP contribution in [0.4, 0.5) is 5.95 Å². The Balaban J connectivity index is 1.85. The second kappa shape index (κ2) is 5.21. The van der Waals surface area contributed by atoms with Crippen LogP contribution >= 0.6 is 0 Å². The number of hydrogen-bond donors (Lipinski definition) is 2. The van der Waals surface area contributed by atoms with Crippen molar-refractivity contribution >= 4 is 5.95 Å². The molecule has 0 radical (unpaired) electrons. The lowest BCUT2D eigenvalue weighted by molar-refractivity contribution is 0.470. The molecule has 0 spiro atoms. The van der Waals surface area contributed by atoms with E-state index < -0.39 is 0 Å². The van der Waals surface area contributed by atoms with Crippen molar-refractivity contribution in [2.24, 2.45) is 0 Å². The molecule has 2 heterocycles. The Morgan fingerprint density at radius 3 is 2.35 bits per heavy atom. The molecule has 0 saturated carbocycles. The van der Waals surface area contributed by atoms with E-state index in [9.17, 15) is 0 Å². The number of nitrogens with zero attached hydrogens (tertiary/aromatic N) is 2. The van der Waals surface area contributed by atoms with Gasteiger partial charge in [0.2, 0.25) is 5.95 Å². The van der Waals surface area contributed by atoms with Gasteiger partial charge >= 0.3 is 0 Å². The highest BCUT2D eigenvalue weighted by Crippen LogP contribution is 2.26. The number of hydrogen-bond acceptors (Lipinski definition) is 4. The van der Waals surface area contributed by atoms with E-state index in [0.29, 0.717) is 12.0 Å². The second-order valence-electron chi connectivity index (χ2n) is 5.47. The van der Waals surface area contributed by atoms with Crippen molar-refractivity contribution < 1.29 is 0 Å². The predicted molar refractivity (Wildman–Crippen MR) is 82.0 cm³/mol. The fraction of sp³-hybridized carbons (Fsp3) is 0.375. The molecule has 1 aliphatic heterocycles. The Morgan fingerprint density at radius 2 is 1.75 bits per heavy atom. The van der Waals surface area contributed by atoms with E-state index in [-0.39, 0.29) is 0 Å². The third-order valence-corrected chi connectivity index (χ3v) is 4.14. The minimum atomic E-state index is 0.462. The van der Waals surface area contributed by atoms with Gasteiger partial charge in [-0.3, -0.25) is 0 Å². The van der Waals surface area contributed by atoms with Crippen molar-refractivity contribution in [2.45, 2.75) is 26.8 Å². The fourth-order valence-corrected chi connectivity index (χ4v) is 2.38. The van der Waals surface area contributed by atoms with Gasteiger partial charge in [0.1, 0.15) is 0 Å². The third kappa shape index (κ3) is 2.39. The van der Waals surface area contributed by atoms with E-state index >= 15 is 0 Å². The maximum atomic E-state index is 4.42. The largest absolute Gasteiger partial charge is 0.349 e. The molecule has 1 aromatic carbocycles. The van der Waals surface area contributed by atoms with Gasteiger partial charge in [0.05, 0.1) is 6.04 Å². The third-order valence-electron chi connectivity index (χ3n) is 4.14. The molecule has 4 nitrogen and oxygen atoms in total. The van der Waals surface area contributed by atoms with Crippen LogP contribution in [-0.2, 0) is 0 Å². The van der Waals surface area contributed by atoms with Crippen LogP contribution in [0.15, 0.2) is 24.5 Å². The highest BCUT2D eigenvalue weighted by Gasteiger charge is 2.17. The van der Waals surface area contributed by atoms with E-state index in [1.807, 2.05) is 12.4 Å². The van der Waals surface area contributed by atoms with E-state index in [4.69, 9.17) is 0 Å². The molecule has 104 valence electrons. The van der Waals surface area contributed by atoms with Crippen LogP contribution in [0.2, 0.25) is 0 Å². The Hall–Kier alpha value is -1.94. The number of benzene rings is 1. The van der Waals surface area contributed by atoms with Gasteiger partial charge in [0.15, 0.2) is 0 Å². The van der Waals surface area contributed by atoms with E-state index in [2.05, 4.69) is 53.5 Å². The maximum absolute atomic E-state index is 4.42. The van der Waals surface area contributed by atoms with Gasteiger partial charge in [0, 0.05) is 31.0 Å². The van der Waals surface area contributed by atoms with Crippen LogP contribution < -0.4 is 10.6 Å². The molecule has 1 fully saturated rings. The van der Waals surface area contributed by atoms with Gasteiger partial charge in [-0.25, -0.2) is 9.97 Å². The molecular formula is C16H20N4. The van der Waals surface area contributed by atoms with E-state index in [0.717, 1.165) is 18.7 Å². The maximum Gasteiger partial charge on any atom is 0.222 e. The minimum absolute atomic E-state index is 0.462. The summed E-state index contributed by atoms with van der Waals surface area (Å²) in [6.45, 7) is 8.43. The van der Waals surface area contributed by atoms with Crippen LogP contribution in [-0.4, -0.2) is 29.1 Å². The summed E-state index contributed by atoms with van der Waals surface area (Å²) in [5.41, 5.74) is 6.25. The second-order valence-corrected chi connectivity index (χ2v) is 5.47. The summed E-state index contributed by atoms with van der Waals surface area (Å²) in [6.07, 6.45) is 3.80. The normalized spacial score (nSPS) is 14.9. The van der Waals surface area contributed by atoms with Gasteiger partial charge in [-0.05, 0) is 43.0 Å². The van der Waals surface area contributed by atoms with Gasteiger partial charge in [0.25, 0.3) is 0 Å². The van der Waals surface area contributed by atoms with Crippen molar-refractivity contribution in [1.82, 2.24) is 15.3 Å². The number of nitrogens with one attached hydrogen (secondary N) is 2. The highest BCUT2D eigenvalue weighted by molar-refractivity contribution is 5.68. The number of aromatic nitrogens is 2. The summed E-state index contributed by atoms with van der Waals surface area (Å²) in [4.78, 5) is 8.84. The quantitative estimate of drug-likeness (QED) is 0.898. The van der Waals surface area contributed by atoms with Crippen LogP contribution in [0.1, 0.15) is 16.7 Å². The molecule has 2 N–H and O–H groups in total. The lowest BCUT2D eigenvalue weighted by Crippen LogP contribution is -2.51. The van der Waals surface area contributed by atoms with Crippen LogP contribution in [0.3, 0.4) is 0 Å². The molecule has 0 unspecified atom stereocenters. The van der Waals surface area contributed by atoms with Gasteiger partial charge in [-0.2, -0.15) is 0 Å². The van der Waals surface area contributed by atoms with Crippen LogP contribution in [0.25, 0.3) is 11.1 Å². The minimum Gasteiger partial charge on any atom is -0.349 e.